The Balaban J connectivity index is 1.63. The van der Waals surface area contributed by atoms with Gasteiger partial charge in [-0.1, -0.05) is 66.7 Å². The summed E-state index contributed by atoms with van der Waals surface area (Å²) in [6, 6.07) is 25.3. The largest absolute Gasteiger partial charge is 0.444 e. The maximum Gasteiger partial charge on any atom is 0.411 e. The van der Waals surface area contributed by atoms with Crippen LogP contribution in [0.5, 0.6) is 0 Å². The number of carbonyl (C=O) groups excluding carboxylic acids is 1. The molecule has 0 aliphatic rings. The lowest BCUT2D eigenvalue weighted by Gasteiger charge is -2.09. The standard InChI is InChI=1S/C21H20N2O2/c22-14-16-9-11-18(12-10-16)19-7-4-8-20(13-19)23-21(24)25-15-17-5-2-1-3-6-17/h1-13H,14-15,22H2,(H,23,24). The molecule has 25 heavy (non-hydrogen) atoms. The van der Waals surface area contributed by atoms with E-state index >= 15 is 0 Å². The molecule has 0 aliphatic heterocycles. The number of amides is 1. The van der Waals surface area contributed by atoms with Crippen LogP contribution in [-0.2, 0) is 17.9 Å². The third kappa shape index (κ3) is 4.68. The van der Waals surface area contributed by atoms with Crippen molar-refractivity contribution in [3.8, 4) is 11.1 Å². The zero-order valence-electron chi connectivity index (χ0n) is 13.8. The summed E-state index contributed by atoms with van der Waals surface area (Å²) in [5, 5.41) is 2.76. The summed E-state index contributed by atoms with van der Waals surface area (Å²) >= 11 is 0. The second-order valence-corrected chi connectivity index (χ2v) is 5.67. The van der Waals surface area contributed by atoms with Crippen LogP contribution in [0.25, 0.3) is 11.1 Å². The Hall–Kier alpha value is -3.11. The summed E-state index contributed by atoms with van der Waals surface area (Å²) in [6.07, 6.45) is -0.473. The molecule has 0 atom stereocenters. The van der Waals surface area contributed by atoms with Gasteiger partial charge in [-0.15, -0.1) is 0 Å². The number of carbonyl (C=O) groups is 1. The quantitative estimate of drug-likeness (QED) is 0.720. The average Bonchev–Trinajstić information content (AvgIpc) is 2.67. The molecule has 0 unspecified atom stereocenters. The molecule has 0 saturated carbocycles. The number of ether oxygens (including phenoxy) is 1. The molecule has 3 aromatic rings. The minimum absolute atomic E-state index is 0.243. The van der Waals surface area contributed by atoms with E-state index in [1.165, 1.54) is 0 Å². The first-order chi connectivity index (χ1) is 12.2. The van der Waals surface area contributed by atoms with Crippen molar-refractivity contribution in [2.45, 2.75) is 13.2 Å². The second-order valence-electron chi connectivity index (χ2n) is 5.67. The van der Waals surface area contributed by atoms with Gasteiger partial charge in [0, 0.05) is 12.2 Å². The van der Waals surface area contributed by atoms with Crippen molar-refractivity contribution in [2.24, 2.45) is 5.73 Å². The van der Waals surface area contributed by atoms with Crippen molar-refractivity contribution in [2.75, 3.05) is 5.32 Å². The van der Waals surface area contributed by atoms with E-state index in [1.54, 1.807) is 0 Å². The van der Waals surface area contributed by atoms with Crippen LogP contribution in [0.3, 0.4) is 0 Å². The third-order valence-corrected chi connectivity index (χ3v) is 3.84. The van der Waals surface area contributed by atoms with Crippen molar-refractivity contribution in [1.29, 1.82) is 0 Å². The van der Waals surface area contributed by atoms with Crippen molar-refractivity contribution in [1.82, 2.24) is 0 Å². The van der Waals surface area contributed by atoms with E-state index in [9.17, 15) is 4.79 Å². The maximum absolute atomic E-state index is 12.0. The molecule has 0 aromatic heterocycles. The van der Waals surface area contributed by atoms with Crippen LogP contribution in [0, 0.1) is 0 Å². The molecule has 1 amide bonds. The Morgan fingerprint density at radius 1 is 0.840 bits per heavy atom. The molecule has 0 fully saturated rings. The van der Waals surface area contributed by atoms with E-state index < -0.39 is 6.09 Å². The maximum atomic E-state index is 12.0. The molecular weight excluding hydrogens is 312 g/mol. The minimum Gasteiger partial charge on any atom is -0.444 e. The van der Waals surface area contributed by atoms with E-state index in [1.807, 2.05) is 78.9 Å². The number of hydrogen-bond acceptors (Lipinski definition) is 3. The van der Waals surface area contributed by atoms with Gasteiger partial charge in [0.05, 0.1) is 0 Å². The van der Waals surface area contributed by atoms with Crippen molar-refractivity contribution >= 4 is 11.8 Å². The van der Waals surface area contributed by atoms with Crippen LogP contribution in [-0.4, -0.2) is 6.09 Å². The summed E-state index contributed by atoms with van der Waals surface area (Å²) in [5.41, 5.74) is 10.4. The van der Waals surface area contributed by atoms with Gasteiger partial charge in [0.1, 0.15) is 6.61 Å². The predicted molar refractivity (Wildman–Crippen MR) is 100 cm³/mol. The van der Waals surface area contributed by atoms with Gasteiger partial charge in [-0.05, 0) is 34.4 Å². The molecule has 3 rings (SSSR count). The van der Waals surface area contributed by atoms with Crippen molar-refractivity contribution < 1.29 is 9.53 Å². The summed E-state index contributed by atoms with van der Waals surface area (Å²) < 4.78 is 5.24. The minimum atomic E-state index is -0.473. The molecule has 0 spiro atoms. The predicted octanol–water partition coefficient (Wildman–Crippen LogP) is 4.56. The first kappa shape index (κ1) is 16.7. The number of hydrogen-bond donors (Lipinski definition) is 2. The highest BCUT2D eigenvalue weighted by molar-refractivity contribution is 5.85. The number of nitrogens with one attached hydrogen (secondary N) is 1. The van der Waals surface area contributed by atoms with E-state index in [-0.39, 0.29) is 6.61 Å². The molecule has 0 radical (unpaired) electrons. The molecule has 0 heterocycles. The van der Waals surface area contributed by atoms with Crippen molar-refractivity contribution in [3.05, 3.63) is 90.0 Å². The molecular formula is C21H20N2O2. The smallest absolute Gasteiger partial charge is 0.411 e. The van der Waals surface area contributed by atoms with Crippen LogP contribution in [0.1, 0.15) is 11.1 Å². The number of nitrogens with two attached hydrogens (primary N) is 1. The highest BCUT2D eigenvalue weighted by atomic mass is 16.5. The van der Waals surface area contributed by atoms with Crippen LogP contribution in [0.15, 0.2) is 78.9 Å². The summed E-state index contributed by atoms with van der Waals surface area (Å²) in [5.74, 6) is 0. The lowest BCUT2D eigenvalue weighted by Crippen LogP contribution is -2.13. The topological polar surface area (TPSA) is 64.3 Å². The monoisotopic (exact) mass is 332 g/mol. The Kier molecular flexibility index (Phi) is 5.44. The van der Waals surface area contributed by atoms with Crippen LogP contribution in [0.4, 0.5) is 10.5 Å². The van der Waals surface area contributed by atoms with Crippen molar-refractivity contribution in [3.63, 3.8) is 0 Å². The van der Waals surface area contributed by atoms with E-state index in [0.29, 0.717) is 12.2 Å². The average molecular weight is 332 g/mol. The molecule has 0 saturated heterocycles. The summed E-state index contributed by atoms with van der Waals surface area (Å²) in [7, 11) is 0. The fourth-order valence-corrected chi connectivity index (χ4v) is 2.49. The fourth-order valence-electron chi connectivity index (χ4n) is 2.49. The van der Waals surface area contributed by atoms with Crippen LogP contribution >= 0.6 is 0 Å². The highest BCUT2D eigenvalue weighted by Gasteiger charge is 2.05. The third-order valence-electron chi connectivity index (χ3n) is 3.84. The van der Waals surface area contributed by atoms with Gasteiger partial charge in [0.15, 0.2) is 0 Å². The number of benzene rings is 3. The summed E-state index contributed by atoms with van der Waals surface area (Å²) in [6.45, 7) is 0.766. The Morgan fingerprint density at radius 2 is 1.60 bits per heavy atom. The molecule has 0 aliphatic carbocycles. The molecule has 4 heteroatoms. The SMILES string of the molecule is NCc1ccc(-c2cccc(NC(=O)OCc3ccccc3)c2)cc1. The second kappa shape index (κ2) is 8.13. The first-order valence-corrected chi connectivity index (χ1v) is 8.12. The van der Waals surface area contributed by atoms with Gasteiger partial charge in [0.2, 0.25) is 0 Å². The van der Waals surface area contributed by atoms with Gasteiger partial charge < -0.3 is 10.5 Å². The van der Waals surface area contributed by atoms with Gasteiger partial charge >= 0.3 is 6.09 Å². The van der Waals surface area contributed by atoms with Gasteiger partial charge in [-0.3, -0.25) is 5.32 Å². The lowest BCUT2D eigenvalue weighted by atomic mass is 10.0. The van der Waals surface area contributed by atoms with Gasteiger partial charge in [0.25, 0.3) is 0 Å². The van der Waals surface area contributed by atoms with E-state index in [2.05, 4.69) is 5.32 Å². The van der Waals surface area contributed by atoms with E-state index in [4.69, 9.17) is 10.5 Å². The molecule has 126 valence electrons. The van der Waals surface area contributed by atoms with Gasteiger partial charge in [-0.25, -0.2) is 4.79 Å². The van der Waals surface area contributed by atoms with E-state index in [0.717, 1.165) is 22.3 Å². The fraction of sp³-hybridized carbons (Fsp3) is 0.0952. The normalized spacial score (nSPS) is 10.3. The Labute approximate surface area is 147 Å². The molecule has 4 nitrogen and oxygen atoms in total. The number of rotatable bonds is 5. The highest BCUT2D eigenvalue weighted by Crippen LogP contribution is 2.23. The molecule has 3 aromatic carbocycles. The first-order valence-electron chi connectivity index (χ1n) is 8.12. The molecule has 0 bridgehead atoms. The lowest BCUT2D eigenvalue weighted by molar-refractivity contribution is 0.155. The Bertz CT molecular complexity index is 830. The summed E-state index contributed by atoms with van der Waals surface area (Å²) in [4.78, 5) is 12.0. The van der Waals surface area contributed by atoms with Crippen LogP contribution in [0.2, 0.25) is 0 Å². The molecule has 3 N–H and O–H groups in total. The van der Waals surface area contributed by atoms with Crippen LogP contribution < -0.4 is 11.1 Å². The zero-order chi connectivity index (χ0) is 17.5. The number of anilines is 1. The van der Waals surface area contributed by atoms with Gasteiger partial charge in [-0.2, -0.15) is 0 Å². The Morgan fingerprint density at radius 3 is 2.32 bits per heavy atom. The zero-order valence-corrected chi connectivity index (χ0v) is 13.8.